The van der Waals surface area contributed by atoms with Crippen LogP contribution in [0.4, 0.5) is 0 Å². The normalized spacial score (nSPS) is 11.8. The second-order valence-electron chi connectivity index (χ2n) is 4.46. The van der Waals surface area contributed by atoms with Crippen LogP contribution < -0.4 is 0 Å². The fourth-order valence-corrected chi connectivity index (χ4v) is 2.04. The molecule has 0 amide bonds. The summed E-state index contributed by atoms with van der Waals surface area (Å²) in [6, 6.07) is 1.98. The molecule has 0 aromatic carbocycles. The molecule has 0 fully saturated rings. The third kappa shape index (κ3) is 1.78. The lowest BCUT2D eigenvalue weighted by atomic mass is 9.85. The number of hydrogen-bond acceptors (Lipinski definition) is 1. The number of aryl methyl sites for hydroxylation is 1. The van der Waals surface area contributed by atoms with Crippen molar-refractivity contribution in [2.45, 2.75) is 46.6 Å². The van der Waals surface area contributed by atoms with Gasteiger partial charge in [0.2, 0.25) is 0 Å². The summed E-state index contributed by atoms with van der Waals surface area (Å²) in [5.41, 5.74) is 2.28. The molecule has 15 heavy (non-hydrogen) atoms. The van der Waals surface area contributed by atoms with Crippen LogP contribution in [0.2, 0.25) is 0 Å². The summed E-state index contributed by atoms with van der Waals surface area (Å²) >= 11 is 0. The Hall–Kier alpha value is -1.25. The largest absolute Gasteiger partial charge is 0.481 e. The van der Waals surface area contributed by atoms with Crippen LogP contribution in [-0.2, 0) is 16.8 Å². The number of aliphatic carboxylic acids is 1. The number of carbonyl (C=O) groups is 1. The topological polar surface area (TPSA) is 42.2 Å². The van der Waals surface area contributed by atoms with E-state index in [1.807, 2.05) is 19.9 Å². The van der Waals surface area contributed by atoms with Gasteiger partial charge in [-0.3, -0.25) is 4.79 Å². The molecule has 1 N–H and O–H groups in total. The molecule has 3 nitrogen and oxygen atoms in total. The highest BCUT2D eigenvalue weighted by Gasteiger charge is 2.32. The number of hydrogen-bond donors (Lipinski definition) is 1. The first kappa shape index (κ1) is 11.8. The third-order valence-corrected chi connectivity index (χ3v) is 3.10. The van der Waals surface area contributed by atoms with Crippen LogP contribution in [0, 0.1) is 13.8 Å². The van der Waals surface area contributed by atoms with Crippen molar-refractivity contribution in [2.24, 2.45) is 0 Å². The van der Waals surface area contributed by atoms with Crippen LogP contribution in [0.5, 0.6) is 0 Å². The molecule has 0 unspecified atom stereocenters. The Labute approximate surface area is 90.7 Å². The third-order valence-electron chi connectivity index (χ3n) is 3.10. The highest BCUT2D eigenvalue weighted by Crippen LogP contribution is 2.29. The van der Waals surface area contributed by atoms with E-state index in [1.54, 1.807) is 13.8 Å². The Balaban J connectivity index is 3.33. The number of rotatable bonds is 3. The molecule has 1 aromatic heterocycles. The SMILES string of the molecule is CCn1c(C)cc(C(C)(C)C(=O)O)c1C. The number of aromatic nitrogens is 1. The van der Waals surface area contributed by atoms with E-state index in [0.717, 1.165) is 23.5 Å². The lowest BCUT2D eigenvalue weighted by Crippen LogP contribution is -2.29. The van der Waals surface area contributed by atoms with Crippen LogP contribution in [0.15, 0.2) is 6.07 Å². The first-order chi connectivity index (χ1) is 6.82. The maximum absolute atomic E-state index is 11.2. The van der Waals surface area contributed by atoms with Gasteiger partial charge in [-0.1, -0.05) is 0 Å². The van der Waals surface area contributed by atoms with Crippen LogP contribution in [0.3, 0.4) is 0 Å². The molecule has 1 heterocycles. The zero-order valence-electron chi connectivity index (χ0n) is 10.1. The van der Waals surface area contributed by atoms with Crippen molar-refractivity contribution in [3.05, 3.63) is 23.0 Å². The maximum atomic E-state index is 11.2. The maximum Gasteiger partial charge on any atom is 0.313 e. The van der Waals surface area contributed by atoms with Gasteiger partial charge in [-0.25, -0.2) is 0 Å². The first-order valence-corrected chi connectivity index (χ1v) is 5.23. The highest BCUT2D eigenvalue weighted by molar-refractivity contribution is 5.80. The Morgan fingerprint density at radius 2 is 2.00 bits per heavy atom. The summed E-state index contributed by atoms with van der Waals surface area (Å²) in [6.45, 7) is 10.4. The lowest BCUT2D eigenvalue weighted by Gasteiger charge is -2.19. The monoisotopic (exact) mass is 209 g/mol. The summed E-state index contributed by atoms with van der Waals surface area (Å²) in [5.74, 6) is -0.779. The van der Waals surface area contributed by atoms with E-state index < -0.39 is 11.4 Å². The summed E-state index contributed by atoms with van der Waals surface area (Å²) in [5, 5.41) is 9.18. The predicted octanol–water partition coefficient (Wildman–Crippen LogP) is 2.49. The minimum absolute atomic E-state index is 0.779. The van der Waals surface area contributed by atoms with Crippen molar-refractivity contribution in [2.75, 3.05) is 0 Å². The average Bonchev–Trinajstić information content (AvgIpc) is 2.41. The Bertz CT molecular complexity index is 389. The van der Waals surface area contributed by atoms with Crippen molar-refractivity contribution in [1.29, 1.82) is 0 Å². The van der Waals surface area contributed by atoms with Gasteiger partial charge < -0.3 is 9.67 Å². The molecular formula is C12H19NO2. The molecule has 0 aliphatic rings. The van der Waals surface area contributed by atoms with Crippen LogP contribution in [0.1, 0.15) is 37.7 Å². The second kappa shape index (κ2) is 3.72. The zero-order chi connectivity index (χ0) is 11.8. The second-order valence-corrected chi connectivity index (χ2v) is 4.46. The van der Waals surface area contributed by atoms with Gasteiger partial charge in [0.15, 0.2) is 0 Å². The molecular weight excluding hydrogens is 190 g/mol. The van der Waals surface area contributed by atoms with E-state index in [-0.39, 0.29) is 0 Å². The minimum atomic E-state index is -0.810. The standard InChI is InChI=1S/C12H19NO2/c1-6-13-8(2)7-10(9(13)3)12(4,5)11(14)15/h7H,6H2,1-5H3,(H,14,15). The van der Waals surface area contributed by atoms with E-state index in [9.17, 15) is 9.90 Å². The molecule has 84 valence electrons. The predicted molar refractivity (Wildman–Crippen MR) is 60.2 cm³/mol. The lowest BCUT2D eigenvalue weighted by molar-refractivity contribution is -0.142. The van der Waals surface area contributed by atoms with E-state index in [4.69, 9.17) is 0 Å². The van der Waals surface area contributed by atoms with Gasteiger partial charge >= 0.3 is 5.97 Å². The Morgan fingerprint density at radius 3 is 2.33 bits per heavy atom. The fourth-order valence-electron chi connectivity index (χ4n) is 2.04. The summed E-state index contributed by atoms with van der Waals surface area (Å²) < 4.78 is 2.14. The molecule has 0 aliphatic heterocycles. The molecule has 0 spiro atoms. The first-order valence-electron chi connectivity index (χ1n) is 5.23. The van der Waals surface area contributed by atoms with Gasteiger partial charge in [0.05, 0.1) is 5.41 Å². The molecule has 1 aromatic rings. The molecule has 0 aliphatic carbocycles. The molecule has 1 rings (SSSR count). The minimum Gasteiger partial charge on any atom is -0.481 e. The number of nitrogens with zero attached hydrogens (tertiary/aromatic N) is 1. The number of carboxylic acids is 1. The molecule has 0 radical (unpaired) electrons. The van der Waals surface area contributed by atoms with Crippen molar-refractivity contribution >= 4 is 5.97 Å². The van der Waals surface area contributed by atoms with Gasteiger partial charge in [0.1, 0.15) is 0 Å². The van der Waals surface area contributed by atoms with Crippen molar-refractivity contribution < 1.29 is 9.90 Å². The van der Waals surface area contributed by atoms with E-state index in [0.29, 0.717) is 0 Å². The van der Waals surface area contributed by atoms with Gasteiger partial charge in [-0.2, -0.15) is 0 Å². The van der Waals surface area contributed by atoms with E-state index >= 15 is 0 Å². The van der Waals surface area contributed by atoms with Crippen molar-refractivity contribution in [3.8, 4) is 0 Å². The Morgan fingerprint density at radius 1 is 1.47 bits per heavy atom. The fraction of sp³-hybridized carbons (Fsp3) is 0.583. The molecule has 3 heteroatoms. The average molecular weight is 209 g/mol. The quantitative estimate of drug-likeness (QED) is 0.831. The number of carboxylic acid groups (broad SMARTS) is 1. The van der Waals surface area contributed by atoms with Crippen LogP contribution >= 0.6 is 0 Å². The molecule has 0 saturated heterocycles. The van der Waals surface area contributed by atoms with E-state index in [1.165, 1.54) is 0 Å². The molecule has 0 bridgehead atoms. The van der Waals surface area contributed by atoms with Crippen molar-refractivity contribution in [1.82, 2.24) is 4.57 Å². The molecule has 0 atom stereocenters. The summed E-state index contributed by atoms with van der Waals surface area (Å²) in [7, 11) is 0. The van der Waals surface area contributed by atoms with Gasteiger partial charge in [-0.05, 0) is 46.2 Å². The summed E-state index contributed by atoms with van der Waals surface area (Å²) in [4.78, 5) is 11.2. The van der Waals surface area contributed by atoms with Crippen molar-refractivity contribution in [3.63, 3.8) is 0 Å². The highest BCUT2D eigenvalue weighted by atomic mass is 16.4. The van der Waals surface area contributed by atoms with Crippen LogP contribution in [-0.4, -0.2) is 15.6 Å². The van der Waals surface area contributed by atoms with Crippen LogP contribution in [0.25, 0.3) is 0 Å². The van der Waals surface area contributed by atoms with Gasteiger partial charge in [-0.15, -0.1) is 0 Å². The zero-order valence-corrected chi connectivity index (χ0v) is 10.1. The summed E-state index contributed by atoms with van der Waals surface area (Å²) in [6.07, 6.45) is 0. The van der Waals surface area contributed by atoms with E-state index in [2.05, 4.69) is 11.5 Å². The Kier molecular flexibility index (Phi) is 2.93. The molecule has 0 saturated carbocycles. The van der Waals surface area contributed by atoms with Gasteiger partial charge in [0, 0.05) is 17.9 Å². The van der Waals surface area contributed by atoms with Gasteiger partial charge in [0.25, 0.3) is 0 Å². The smallest absolute Gasteiger partial charge is 0.313 e.